The molecule has 0 amide bonds. The van der Waals surface area contributed by atoms with Gasteiger partial charge in [0.25, 0.3) is 0 Å². The Morgan fingerprint density at radius 3 is 2.80 bits per heavy atom. The quantitative estimate of drug-likeness (QED) is 0.638. The molecule has 0 aliphatic carbocycles. The maximum atomic E-state index is 6.23. The van der Waals surface area contributed by atoms with Crippen molar-refractivity contribution in [2.45, 2.75) is 19.9 Å². The van der Waals surface area contributed by atoms with E-state index < -0.39 is 0 Å². The number of nitrogens with one attached hydrogen (secondary N) is 1. The lowest BCUT2D eigenvalue weighted by atomic mass is 10.2. The third kappa shape index (κ3) is 6.57. The third-order valence-electron chi connectivity index (χ3n) is 2.76. The monoisotopic (exact) mass is 301 g/mol. The molecular formula is C15H24ClNO3. The van der Waals surface area contributed by atoms with Gasteiger partial charge in [-0.2, -0.15) is 0 Å². The summed E-state index contributed by atoms with van der Waals surface area (Å²) >= 11 is 6.23. The van der Waals surface area contributed by atoms with Gasteiger partial charge in [0.1, 0.15) is 5.75 Å². The van der Waals surface area contributed by atoms with Crippen molar-refractivity contribution in [3.05, 3.63) is 28.8 Å². The fraction of sp³-hybridized carbons (Fsp3) is 0.600. The molecule has 0 aromatic heterocycles. The lowest BCUT2D eigenvalue weighted by molar-refractivity contribution is 0.130. The van der Waals surface area contributed by atoms with Gasteiger partial charge >= 0.3 is 0 Å². The van der Waals surface area contributed by atoms with Crippen molar-refractivity contribution in [1.82, 2.24) is 5.32 Å². The molecule has 0 saturated carbocycles. The molecule has 0 atom stereocenters. The average Bonchev–Trinajstić information content (AvgIpc) is 2.45. The van der Waals surface area contributed by atoms with Gasteiger partial charge in [0.05, 0.1) is 13.2 Å². The van der Waals surface area contributed by atoms with Gasteiger partial charge in [0.15, 0.2) is 0 Å². The first-order valence-corrected chi connectivity index (χ1v) is 7.35. The van der Waals surface area contributed by atoms with Crippen molar-refractivity contribution in [2.24, 2.45) is 0 Å². The summed E-state index contributed by atoms with van der Waals surface area (Å²) in [6, 6.07) is 5.72. The normalized spacial score (nSPS) is 10.8. The minimum atomic E-state index is 0.630. The van der Waals surface area contributed by atoms with Crippen LogP contribution in [0.15, 0.2) is 18.2 Å². The van der Waals surface area contributed by atoms with Crippen molar-refractivity contribution in [1.29, 1.82) is 0 Å². The molecule has 1 aromatic carbocycles. The highest BCUT2D eigenvalue weighted by Crippen LogP contribution is 2.26. The molecule has 0 spiro atoms. The summed E-state index contributed by atoms with van der Waals surface area (Å²) in [6.45, 7) is 6.21. The number of benzene rings is 1. The highest BCUT2D eigenvalue weighted by molar-refractivity contribution is 6.31. The van der Waals surface area contributed by atoms with Gasteiger partial charge in [-0.05, 0) is 19.1 Å². The molecule has 1 N–H and O–H groups in total. The van der Waals surface area contributed by atoms with E-state index >= 15 is 0 Å². The number of methoxy groups -OCH3 is 1. The molecule has 1 aromatic rings. The summed E-state index contributed by atoms with van der Waals surface area (Å²) in [7, 11) is 1.68. The first-order chi connectivity index (χ1) is 9.79. The summed E-state index contributed by atoms with van der Waals surface area (Å²) in [6.07, 6.45) is 0.872. The van der Waals surface area contributed by atoms with Crippen molar-refractivity contribution in [3.8, 4) is 5.75 Å². The Hall–Kier alpha value is -0.810. The second-order valence-corrected chi connectivity index (χ2v) is 4.69. The summed E-state index contributed by atoms with van der Waals surface area (Å²) in [5, 5.41) is 4.00. The lowest BCUT2D eigenvalue weighted by Gasteiger charge is -2.13. The van der Waals surface area contributed by atoms with Crippen molar-refractivity contribution >= 4 is 11.6 Å². The Bertz CT molecular complexity index is 374. The highest BCUT2D eigenvalue weighted by atomic mass is 35.5. The zero-order chi connectivity index (χ0) is 14.6. The molecule has 0 radical (unpaired) electrons. The van der Waals surface area contributed by atoms with Gasteiger partial charge in [0.2, 0.25) is 0 Å². The first kappa shape index (κ1) is 17.2. The van der Waals surface area contributed by atoms with Crippen LogP contribution in [0, 0.1) is 0 Å². The van der Waals surface area contributed by atoms with Crippen LogP contribution in [0.25, 0.3) is 0 Å². The van der Waals surface area contributed by atoms with Gasteiger partial charge in [-0.3, -0.25) is 0 Å². The number of rotatable bonds is 11. The van der Waals surface area contributed by atoms with Gasteiger partial charge < -0.3 is 19.5 Å². The number of halogens is 1. The van der Waals surface area contributed by atoms with E-state index in [1.165, 1.54) is 0 Å². The zero-order valence-corrected chi connectivity index (χ0v) is 13.0. The fourth-order valence-corrected chi connectivity index (χ4v) is 1.95. The van der Waals surface area contributed by atoms with Crippen LogP contribution in [0.5, 0.6) is 5.75 Å². The molecular weight excluding hydrogens is 278 g/mol. The van der Waals surface area contributed by atoms with Gasteiger partial charge in [-0.25, -0.2) is 0 Å². The SMILES string of the molecule is CCOCCCOc1cccc(Cl)c1CNCCOC. The number of ether oxygens (including phenoxy) is 3. The number of hydrogen-bond acceptors (Lipinski definition) is 4. The minimum absolute atomic E-state index is 0.630. The molecule has 1 rings (SSSR count). The van der Waals surface area contributed by atoms with E-state index in [2.05, 4.69) is 5.32 Å². The van der Waals surface area contributed by atoms with Crippen molar-refractivity contribution in [2.75, 3.05) is 40.1 Å². The second-order valence-electron chi connectivity index (χ2n) is 4.29. The maximum Gasteiger partial charge on any atom is 0.125 e. The van der Waals surface area contributed by atoms with E-state index in [0.717, 1.165) is 42.5 Å². The van der Waals surface area contributed by atoms with Gasteiger partial charge in [-0.1, -0.05) is 17.7 Å². The Morgan fingerprint density at radius 1 is 1.20 bits per heavy atom. The van der Waals surface area contributed by atoms with Crippen LogP contribution in [-0.2, 0) is 16.0 Å². The van der Waals surface area contributed by atoms with Gasteiger partial charge in [-0.15, -0.1) is 0 Å². The molecule has 0 saturated heterocycles. The summed E-state index contributed by atoms with van der Waals surface area (Å²) < 4.78 is 16.1. The van der Waals surface area contributed by atoms with E-state index in [1.807, 2.05) is 25.1 Å². The fourth-order valence-electron chi connectivity index (χ4n) is 1.72. The van der Waals surface area contributed by atoms with E-state index in [1.54, 1.807) is 7.11 Å². The topological polar surface area (TPSA) is 39.7 Å². The predicted octanol–water partition coefficient (Wildman–Crippen LogP) is 2.88. The molecule has 0 unspecified atom stereocenters. The van der Waals surface area contributed by atoms with Crippen LogP contribution in [0.4, 0.5) is 0 Å². The second kappa shape index (κ2) is 10.9. The molecule has 5 heteroatoms. The standard InChI is InChI=1S/C15H24ClNO3/c1-3-19-9-5-10-20-15-7-4-6-14(16)13(15)12-17-8-11-18-2/h4,6-7,17H,3,5,8-12H2,1-2H3. The molecule has 0 fully saturated rings. The van der Waals surface area contributed by atoms with Crippen LogP contribution < -0.4 is 10.1 Å². The van der Waals surface area contributed by atoms with Crippen LogP contribution in [0.3, 0.4) is 0 Å². The van der Waals surface area contributed by atoms with E-state index in [4.69, 9.17) is 25.8 Å². The molecule has 0 aliphatic heterocycles. The minimum Gasteiger partial charge on any atom is -0.493 e. The Labute approximate surface area is 126 Å². The third-order valence-corrected chi connectivity index (χ3v) is 3.11. The summed E-state index contributed by atoms with van der Waals surface area (Å²) in [4.78, 5) is 0. The lowest BCUT2D eigenvalue weighted by Crippen LogP contribution is -2.19. The molecule has 4 nitrogen and oxygen atoms in total. The van der Waals surface area contributed by atoms with E-state index in [-0.39, 0.29) is 0 Å². The summed E-state index contributed by atoms with van der Waals surface area (Å²) in [5.74, 6) is 0.832. The maximum absolute atomic E-state index is 6.23. The molecule has 114 valence electrons. The van der Waals surface area contributed by atoms with Crippen LogP contribution in [-0.4, -0.2) is 40.1 Å². The van der Waals surface area contributed by atoms with E-state index in [9.17, 15) is 0 Å². The average molecular weight is 302 g/mol. The Morgan fingerprint density at radius 2 is 2.05 bits per heavy atom. The van der Waals surface area contributed by atoms with Crippen LogP contribution in [0.2, 0.25) is 5.02 Å². The first-order valence-electron chi connectivity index (χ1n) is 6.97. The smallest absolute Gasteiger partial charge is 0.125 e. The van der Waals surface area contributed by atoms with E-state index in [0.29, 0.717) is 19.8 Å². The van der Waals surface area contributed by atoms with Crippen molar-refractivity contribution in [3.63, 3.8) is 0 Å². The number of hydrogen-bond donors (Lipinski definition) is 1. The molecule has 0 aliphatic rings. The van der Waals surface area contributed by atoms with Crippen molar-refractivity contribution < 1.29 is 14.2 Å². The zero-order valence-electron chi connectivity index (χ0n) is 12.3. The molecule has 20 heavy (non-hydrogen) atoms. The van der Waals surface area contributed by atoms with Gasteiger partial charge in [0, 0.05) is 50.4 Å². The highest BCUT2D eigenvalue weighted by Gasteiger charge is 2.07. The summed E-state index contributed by atoms with van der Waals surface area (Å²) in [5.41, 5.74) is 0.988. The Kier molecular flexibility index (Phi) is 9.41. The molecule has 0 bridgehead atoms. The van der Waals surface area contributed by atoms with Crippen LogP contribution >= 0.6 is 11.6 Å². The predicted molar refractivity (Wildman–Crippen MR) is 81.6 cm³/mol. The largest absolute Gasteiger partial charge is 0.493 e. The Balaban J connectivity index is 2.45. The van der Waals surface area contributed by atoms with Crippen LogP contribution in [0.1, 0.15) is 18.9 Å². The molecule has 0 heterocycles.